The van der Waals surface area contributed by atoms with Gasteiger partial charge < -0.3 is 38.4 Å². The van der Waals surface area contributed by atoms with Gasteiger partial charge in [-0.1, -0.05) is 12.8 Å². The summed E-state index contributed by atoms with van der Waals surface area (Å²) in [6, 6.07) is 10.0. The first kappa shape index (κ1) is 27.5. The summed E-state index contributed by atoms with van der Waals surface area (Å²) in [5.74, 6) is 0.492. The minimum Gasteiger partial charge on any atom is -0.446 e. The number of hydrogen-bond acceptors (Lipinski definition) is 4. The smallest absolute Gasteiger partial charge is 0.393 e. The zero-order valence-corrected chi connectivity index (χ0v) is 24.0. The van der Waals surface area contributed by atoms with E-state index in [1.54, 1.807) is 17.0 Å². The van der Waals surface area contributed by atoms with E-state index in [9.17, 15) is 9.59 Å². The Hall–Kier alpha value is 0.500. The van der Waals surface area contributed by atoms with Gasteiger partial charge in [0.25, 0.3) is 0 Å². The molecule has 1 aromatic rings. The Morgan fingerprint density at radius 3 is 2.63 bits per heavy atom. The number of hydrogen-bond donors (Lipinski definition) is 1. The number of nitrogens with zero attached hydrogens (tertiary/aromatic N) is 2. The third-order valence-corrected chi connectivity index (χ3v) is 4.24. The molecule has 9 heteroatoms. The molecule has 2 unspecified atom stereocenters. The Labute approximate surface area is 222 Å². The Balaban J connectivity index is 0.00000225. The Bertz CT molecular complexity index is 620. The SMILES string of the molecule is CC(=O)NCC1CN(c2c[c-]c(N3C[CH-]CC(C)C3)[c-]c2)C(=O)O1.[U].[V].[Y]. The summed E-state index contributed by atoms with van der Waals surface area (Å²) in [4.78, 5) is 26.8. The quantitative estimate of drug-likeness (QED) is 0.486. The molecular formula is C18H22N3O3UVY-3. The topological polar surface area (TPSA) is 61.9 Å². The van der Waals surface area contributed by atoms with E-state index < -0.39 is 6.09 Å². The summed E-state index contributed by atoms with van der Waals surface area (Å²) in [6.07, 6.45) is 2.68. The summed E-state index contributed by atoms with van der Waals surface area (Å²) in [6.45, 7) is 6.30. The third-order valence-electron chi connectivity index (χ3n) is 4.24. The number of anilines is 2. The Morgan fingerprint density at radius 2 is 2.04 bits per heavy atom. The number of rotatable bonds is 4. The van der Waals surface area contributed by atoms with Crippen LogP contribution < -0.4 is 15.1 Å². The average molecular weight is 706 g/mol. The van der Waals surface area contributed by atoms with Crippen LogP contribution in [0.4, 0.5) is 16.2 Å². The first-order valence-corrected chi connectivity index (χ1v) is 8.25. The molecule has 0 spiro atoms. The fourth-order valence-corrected chi connectivity index (χ4v) is 3.03. The minimum atomic E-state index is -0.403. The van der Waals surface area contributed by atoms with Crippen LogP contribution in [0.15, 0.2) is 12.1 Å². The molecule has 142 valence electrons. The van der Waals surface area contributed by atoms with Crippen molar-refractivity contribution in [2.75, 3.05) is 36.0 Å². The zero-order valence-electron chi connectivity index (χ0n) is 15.6. The van der Waals surface area contributed by atoms with Crippen LogP contribution >= 0.6 is 0 Å². The van der Waals surface area contributed by atoms with Crippen molar-refractivity contribution in [2.24, 2.45) is 5.92 Å². The van der Waals surface area contributed by atoms with E-state index >= 15 is 0 Å². The first-order valence-electron chi connectivity index (χ1n) is 8.25. The van der Waals surface area contributed by atoms with Gasteiger partial charge in [-0.05, 0) is 0 Å². The van der Waals surface area contributed by atoms with Crippen molar-refractivity contribution in [2.45, 2.75) is 26.4 Å². The molecule has 27 heavy (non-hydrogen) atoms. The average Bonchev–Trinajstić information content (AvgIpc) is 2.94. The van der Waals surface area contributed by atoms with Crippen molar-refractivity contribution in [3.63, 3.8) is 0 Å². The maximum atomic E-state index is 12.0. The summed E-state index contributed by atoms with van der Waals surface area (Å²) >= 11 is 0. The van der Waals surface area contributed by atoms with E-state index in [-0.39, 0.29) is 94.4 Å². The molecule has 0 aromatic heterocycles. The van der Waals surface area contributed by atoms with E-state index in [4.69, 9.17) is 4.74 Å². The summed E-state index contributed by atoms with van der Waals surface area (Å²) in [7, 11) is 0. The fourth-order valence-electron chi connectivity index (χ4n) is 3.03. The van der Waals surface area contributed by atoms with Gasteiger partial charge in [0, 0.05) is 102 Å². The van der Waals surface area contributed by atoms with Crippen molar-refractivity contribution < 1.29 is 96.7 Å². The van der Waals surface area contributed by atoms with Gasteiger partial charge in [-0.15, -0.1) is 6.54 Å². The van der Waals surface area contributed by atoms with E-state index in [2.05, 4.69) is 35.7 Å². The Morgan fingerprint density at radius 1 is 1.37 bits per heavy atom. The van der Waals surface area contributed by atoms with Gasteiger partial charge in [0.05, 0.1) is 6.54 Å². The summed E-state index contributed by atoms with van der Waals surface area (Å²) in [5, 5.41) is 2.67. The van der Waals surface area contributed by atoms with E-state index in [1.165, 1.54) is 6.92 Å². The second kappa shape index (κ2) is 12.9. The molecule has 2 aliphatic rings. The molecular weight excluding hydrogens is 684 g/mol. The maximum absolute atomic E-state index is 12.0. The second-order valence-corrected chi connectivity index (χ2v) is 6.44. The number of cyclic esters (lactones) is 1. The number of carbonyl (C=O) groups is 2. The van der Waals surface area contributed by atoms with Crippen LogP contribution in [0.5, 0.6) is 0 Å². The zero-order chi connectivity index (χ0) is 17.1. The first-order chi connectivity index (χ1) is 11.5. The van der Waals surface area contributed by atoms with Crippen molar-refractivity contribution in [3.05, 3.63) is 30.7 Å². The normalized spacial score (nSPS) is 21.3. The predicted octanol–water partition coefficient (Wildman–Crippen LogP) is 1.79. The van der Waals surface area contributed by atoms with Crippen molar-refractivity contribution >= 4 is 23.4 Å². The number of benzene rings is 1. The van der Waals surface area contributed by atoms with Crippen LogP contribution in [-0.2, 0) is 60.8 Å². The van der Waals surface area contributed by atoms with Crippen LogP contribution in [0.3, 0.4) is 0 Å². The molecule has 1 aromatic carbocycles. The van der Waals surface area contributed by atoms with E-state index in [1.807, 2.05) is 0 Å². The van der Waals surface area contributed by atoms with Crippen LogP contribution in [0.2, 0.25) is 0 Å². The maximum Gasteiger partial charge on any atom is 0.393 e. The van der Waals surface area contributed by atoms with Gasteiger partial charge in [-0.3, -0.25) is 16.9 Å². The molecule has 3 rings (SSSR count). The summed E-state index contributed by atoms with van der Waals surface area (Å²) in [5.41, 5.74) is 1.63. The molecule has 6 nitrogen and oxygen atoms in total. The minimum absolute atomic E-state index is 0. The molecule has 0 saturated carbocycles. The van der Waals surface area contributed by atoms with E-state index in [0.717, 1.165) is 25.2 Å². The van der Waals surface area contributed by atoms with Gasteiger partial charge in [-0.2, -0.15) is 12.1 Å². The molecule has 0 aliphatic carbocycles. The Kier molecular flexibility index (Phi) is 13.2. The van der Waals surface area contributed by atoms with Crippen molar-refractivity contribution in [1.82, 2.24) is 5.32 Å². The molecule has 1 N–H and O–H groups in total. The van der Waals surface area contributed by atoms with Crippen LogP contribution in [0.25, 0.3) is 0 Å². The second-order valence-electron chi connectivity index (χ2n) is 6.44. The molecule has 2 radical (unpaired) electrons. The number of nitrogens with one attached hydrogen (secondary N) is 1. The van der Waals surface area contributed by atoms with Gasteiger partial charge in [0.15, 0.2) is 0 Å². The van der Waals surface area contributed by atoms with E-state index in [0.29, 0.717) is 24.7 Å². The largest absolute Gasteiger partial charge is 0.446 e. The standard InChI is InChI=1S/C18H22N3O3.U.V.Y/c1-13-4-3-9-20(11-13)15-5-7-16(8-6-15)21-12-17(24-18(21)23)10-19-14(2)22;;;/h3,7-8,13,17H,4,9-12H2,1-2H3,(H,19,22);;;/q-3;;;. The molecule has 2 heterocycles. The molecule has 2 atom stereocenters. The van der Waals surface area contributed by atoms with Crippen LogP contribution in [0, 0.1) is 55.6 Å². The van der Waals surface area contributed by atoms with Crippen molar-refractivity contribution in [1.29, 1.82) is 0 Å². The fraction of sp³-hybridized carbons (Fsp3) is 0.500. The van der Waals surface area contributed by atoms with Gasteiger partial charge in [-0.25, -0.2) is 10.5 Å². The monoisotopic (exact) mass is 706 g/mol. The van der Waals surface area contributed by atoms with Crippen LogP contribution in [0.1, 0.15) is 20.3 Å². The predicted molar refractivity (Wildman–Crippen MR) is 90.7 cm³/mol. The van der Waals surface area contributed by atoms with Crippen molar-refractivity contribution in [3.8, 4) is 0 Å². The third kappa shape index (κ3) is 7.68. The van der Waals surface area contributed by atoms with Gasteiger partial charge in [0.1, 0.15) is 6.10 Å². The van der Waals surface area contributed by atoms with Gasteiger partial charge >= 0.3 is 6.09 Å². The molecule has 2 aliphatic heterocycles. The van der Waals surface area contributed by atoms with Crippen LogP contribution in [-0.4, -0.2) is 44.3 Å². The summed E-state index contributed by atoms with van der Waals surface area (Å²) < 4.78 is 5.27. The molecule has 2 saturated heterocycles. The molecule has 0 bridgehead atoms. The van der Waals surface area contributed by atoms with Gasteiger partial charge in [0.2, 0.25) is 5.91 Å². The number of piperidine rings is 1. The number of ether oxygens (including phenoxy) is 1. The molecule has 2 amide bonds. The number of amides is 2. The molecule has 2 fully saturated rings. The number of carbonyl (C=O) groups excluding carboxylic acids is 2.